The lowest BCUT2D eigenvalue weighted by Gasteiger charge is -2.25. The molecule has 1 saturated carbocycles. The van der Waals surface area contributed by atoms with Crippen molar-refractivity contribution < 1.29 is 14.3 Å². The van der Waals surface area contributed by atoms with Crippen LogP contribution in [0.2, 0.25) is 0 Å². The molecular weight excluding hydrogens is 242 g/mol. The van der Waals surface area contributed by atoms with Crippen LogP contribution >= 0.6 is 0 Å². The van der Waals surface area contributed by atoms with Crippen molar-refractivity contribution in [1.29, 1.82) is 0 Å². The van der Waals surface area contributed by atoms with Crippen molar-refractivity contribution in [3.05, 3.63) is 23.7 Å². The summed E-state index contributed by atoms with van der Waals surface area (Å²) in [5.74, 6) is 2.33. The molecule has 106 valence electrons. The van der Waals surface area contributed by atoms with Crippen LogP contribution in [0.3, 0.4) is 0 Å². The number of furan rings is 1. The van der Waals surface area contributed by atoms with Gasteiger partial charge in [-0.25, -0.2) is 0 Å². The highest BCUT2D eigenvalue weighted by Crippen LogP contribution is 2.47. The third-order valence-electron chi connectivity index (χ3n) is 4.03. The van der Waals surface area contributed by atoms with Crippen molar-refractivity contribution in [2.45, 2.75) is 58.0 Å². The van der Waals surface area contributed by atoms with Crippen LogP contribution < -0.4 is 5.32 Å². The van der Waals surface area contributed by atoms with Gasteiger partial charge in [0.05, 0.1) is 6.54 Å². The Morgan fingerprint density at radius 2 is 2.26 bits per heavy atom. The molecule has 1 aromatic rings. The van der Waals surface area contributed by atoms with Crippen LogP contribution in [0.4, 0.5) is 0 Å². The van der Waals surface area contributed by atoms with E-state index in [4.69, 9.17) is 4.42 Å². The number of carboxylic acid groups (broad SMARTS) is 1. The molecule has 0 saturated heterocycles. The normalized spacial score (nSPS) is 25.0. The van der Waals surface area contributed by atoms with E-state index in [0.29, 0.717) is 18.9 Å². The second kappa shape index (κ2) is 5.37. The molecule has 3 unspecified atom stereocenters. The molecule has 3 atom stereocenters. The number of aliphatic carboxylic acids is 1. The Hall–Kier alpha value is -1.29. The fraction of sp³-hybridized carbons (Fsp3) is 0.667. The number of hydrogen-bond donors (Lipinski definition) is 2. The largest absolute Gasteiger partial charge is 0.480 e. The van der Waals surface area contributed by atoms with Gasteiger partial charge in [-0.1, -0.05) is 20.3 Å². The third-order valence-corrected chi connectivity index (χ3v) is 4.03. The standard InChI is InChI=1S/C15H23NO3/c1-4-7-15(3,14(17)18)16-9-11-5-6-13(19-11)12-8-10(12)2/h5-6,10,12,16H,4,7-9H2,1-3H3,(H,17,18). The summed E-state index contributed by atoms with van der Waals surface area (Å²) in [7, 11) is 0. The minimum atomic E-state index is -0.880. The van der Waals surface area contributed by atoms with Crippen molar-refractivity contribution >= 4 is 5.97 Å². The second-order valence-electron chi connectivity index (χ2n) is 5.86. The maximum Gasteiger partial charge on any atom is 0.323 e. The summed E-state index contributed by atoms with van der Waals surface area (Å²) in [6.07, 6.45) is 2.64. The Morgan fingerprint density at radius 1 is 1.58 bits per heavy atom. The summed E-state index contributed by atoms with van der Waals surface area (Å²) in [6.45, 7) is 6.39. The number of hydrogen-bond acceptors (Lipinski definition) is 3. The highest BCUT2D eigenvalue weighted by molar-refractivity contribution is 5.78. The number of rotatable bonds is 7. The van der Waals surface area contributed by atoms with Gasteiger partial charge in [0.25, 0.3) is 0 Å². The lowest BCUT2D eigenvalue weighted by Crippen LogP contribution is -2.48. The topological polar surface area (TPSA) is 62.5 Å². The first-order chi connectivity index (χ1) is 8.96. The van der Waals surface area contributed by atoms with E-state index in [0.717, 1.165) is 23.9 Å². The van der Waals surface area contributed by atoms with Crippen molar-refractivity contribution in [3.63, 3.8) is 0 Å². The maximum atomic E-state index is 11.3. The summed E-state index contributed by atoms with van der Waals surface area (Å²) >= 11 is 0. The molecule has 0 spiro atoms. The van der Waals surface area contributed by atoms with Crippen molar-refractivity contribution in [3.8, 4) is 0 Å². The Bertz CT molecular complexity index is 454. The first-order valence-corrected chi connectivity index (χ1v) is 7.03. The Kier molecular flexibility index (Phi) is 3.99. The molecule has 1 aliphatic rings. The van der Waals surface area contributed by atoms with E-state index in [1.807, 2.05) is 19.1 Å². The van der Waals surface area contributed by atoms with Gasteiger partial charge in [0.1, 0.15) is 17.1 Å². The molecule has 2 rings (SSSR count). The molecule has 1 fully saturated rings. The van der Waals surface area contributed by atoms with Gasteiger partial charge in [-0.15, -0.1) is 0 Å². The predicted octanol–water partition coefficient (Wildman–Crippen LogP) is 3.14. The fourth-order valence-corrected chi connectivity index (χ4v) is 2.46. The molecular formula is C15H23NO3. The van der Waals surface area contributed by atoms with Crippen molar-refractivity contribution in [2.24, 2.45) is 5.92 Å². The molecule has 0 aliphatic heterocycles. The first kappa shape index (κ1) is 14.1. The molecule has 0 aromatic carbocycles. The van der Waals surface area contributed by atoms with Gasteiger partial charge in [0, 0.05) is 5.92 Å². The zero-order chi connectivity index (χ0) is 14.0. The van der Waals surface area contributed by atoms with E-state index in [9.17, 15) is 9.90 Å². The predicted molar refractivity (Wildman–Crippen MR) is 73.0 cm³/mol. The van der Waals surface area contributed by atoms with Gasteiger partial charge < -0.3 is 9.52 Å². The average molecular weight is 265 g/mol. The monoisotopic (exact) mass is 265 g/mol. The zero-order valence-electron chi connectivity index (χ0n) is 11.9. The molecule has 1 aliphatic carbocycles. The Morgan fingerprint density at radius 3 is 2.79 bits per heavy atom. The number of carbonyl (C=O) groups is 1. The molecule has 19 heavy (non-hydrogen) atoms. The fourth-order valence-electron chi connectivity index (χ4n) is 2.46. The summed E-state index contributed by atoms with van der Waals surface area (Å²) in [5.41, 5.74) is -0.880. The lowest BCUT2D eigenvalue weighted by atomic mass is 9.96. The molecule has 2 N–H and O–H groups in total. The van der Waals surface area contributed by atoms with E-state index in [1.165, 1.54) is 6.42 Å². The Labute approximate surface area is 114 Å². The molecule has 1 heterocycles. The third kappa shape index (κ3) is 3.18. The van der Waals surface area contributed by atoms with Crippen molar-refractivity contribution in [1.82, 2.24) is 5.32 Å². The van der Waals surface area contributed by atoms with Gasteiger partial charge in [-0.2, -0.15) is 0 Å². The summed E-state index contributed by atoms with van der Waals surface area (Å²) in [5, 5.41) is 12.4. The smallest absolute Gasteiger partial charge is 0.323 e. The van der Waals surface area contributed by atoms with Crippen molar-refractivity contribution in [2.75, 3.05) is 0 Å². The van der Waals surface area contributed by atoms with Crippen LogP contribution in [0.5, 0.6) is 0 Å². The summed E-state index contributed by atoms with van der Waals surface area (Å²) in [6, 6.07) is 3.96. The molecule has 0 bridgehead atoms. The van der Waals surface area contributed by atoms with E-state index >= 15 is 0 Å². The molecule has 0 radical (unpaired) electrons. The van der Waals surface area contributed by atoms with Gasteiger partial charge in [0.2, 0.25) is 0 Å². The highest BCUT2D eigenvalue weighted by atomic mass is 16.4. The molecule has 1 aromatic heterocycles. The molecule has 4 nitrogen and oxygen atoms in total. The quantitative estimate of drug-likeness (QED) is 0.795. The minimum absolute atomic E-state index is 0.462. The summed E-state index contributed by atoms with van der Waals surface area (Å²) < 4.78 is 5.78. The lowest BCUT2D eigenvalue weighted by molar-refractivity contribution is -0.144. The van der Waals surface area contributed by atoms with E-state index in [1.54, 1.807) is 6.92 Å². The maximum absolute atomic E-state index is 11.3. The van der Waals surface area contributed by atoms with E-state index in [-0.39, 0.29) is 0 Å². The number of nitrogens with one attached hydrogen (secondary N) is 1. The average Bonchev–Trinajstić information content (AvgIpc) is 2.91. The second-order valence-corrected chi connectivity index (χ2v) is 5.86. The van der Waals surface area contributed by atoms with Crippen LogP contribution in [0.25, 0.3) is 0 Å². The molecule has 4 heteroatoms. The van der Waals surface area contributed by atoms with E-state index in [2.05, 4.69) is 12.2 Å². The van der Waals surface area contributed by atoms with E-state index < -0.39 is 11.5 Å². The zero-order valence-corrected chi connectivity index (χ0v) is 11.9. The van der Waals surface area contributed by atoms with Crippen LogP contribution in [-0.4, -0.2) is 16.6 Å². The van der Waals surface area contributed by atoms with Gasteiger partial charge in [0.15, 0.2) is 0 Å². The van der Waals surface area contributed by atoms with Crippen LogP contribution in [0.15, 0.2) is 16.5 Å². The Balaban J connectivity index is 1.93. The van der Waals surface area contributed by atoms with Gasteiger partial charge >= 0.3 is 5.97 Å². The minimum Gasteiger partial charge on any atom is -0.480 e. The first-order valence-electron chi connectivity index (χ1n) is 7.03. The summed E-state index contributed by atoms with van der Waals surface area (Å²) in [4.78, 5) is 11.3. The van der Waals surface area contributed by atoms with Crippen LogP contribution in [0.1, 0.15) is 57.5 Å². The van der Waals surface area contributed by atoms with Gasteiger partial charge in [-0.05, 0) is 37.8 Å². The van der Waals surface area contributed by atoms with Crippen LogP contribution in [-0.2, 0) is 11.3 Å². The van der Waals surface area contributed by atoms with Gasteiger partial charge in [-0.3, -0.25) is 10.1 Å². The SMILES string of the molecule is CCCC(C)(NCc1ccc(C2CC2C)o1)C(=O)O. The highest BCUT2D eigenvalue weighted by Gasteiger charge is 2.37. The molecule has 0 amide bonds. The van der Waals surface area contributed by atoms with Crippen LogP contribution in [0, 0.1) is 5.92 Å². The number of carboxylic acids is 1.